The van der Waals surface area contributed by atoms with Crippen molar-refractivity contribution in [1.29, 1.82) is 0 Å². The second kappa shape index (κ2) is 3.89. The van der Waals surface area contributed by atoms with Crippen molar-refractivity contribution >= 4 is 22.2 Å². The molecule has 1 nitrogen and oxygen atoms in total. The monoisotopic (exact) mass is 134 g/mol. The van der Waals surface area contributed by atoms with Gasteiger partial charge in [-0.25, -0.2) is 0 Å². The summed E-state index contributed by atoms with van der Waals surface area (Å²) in [4.78, 5) is 10.8. The van der Waals surface area contributed by atoms with Crippen molar-refractivity contribution in [2.24, 2.45) is 0 Å². The summed E-state index contributed by atoms with van der Waals surface area (Å²) < 4.78 is 0. The van der Waals surface area contributed by atoms with E-state index in [1.54, 1.807) is 0 Å². The zero-order valence-corrected chi connectivity index (χ0v) is 4.10. The highest BCUT2D eigenvalue weighted by molar-refractivity contribution is 9.11. The van der Waals surface area contributed by atoms with E-state index in [0.29, 0.717) is 6.29 Å². The third-order valence-electron chi connectivity index (χ3n) is 0.151. The molecule has 0 fully saturated rings. The van der Waals surface area contributed by atoms with E-state index in [2.05, 4.69) is 15.9 Å². The molecule has 0 saturated heterocycles. The molecule has 0 atom stereocenters. The first-order valence-electron chi connectivity index (χ1n) is 1.12. The van der Waals surface area contributed by atoms with E-state index in [-0.39, 0.29) is 0 Å². The largest absolute Gasteiger partial charge is 0.299 e. The van der Waals surface area contributed by atoms with E-state index in [4.69, 9.17) is 0 Å². The van der Waals surface area contributed by atoms with E-state index >= 15 is 0 Å². The van der Waals surface area contributed by atoms with Crippen LogP contribution in [0.2, 0.25) is 0 Å². The molecule has 0 unspecified atom stereocenters. The number of carbonyl (C=O) groups excluding carboxylic acids is 1. The second-order valence-electron chi connectivity index (χ2n) is 0.455. The molecule has 0 aromatic rings. The van der Waals surface area contributed by atoms with Crippen molar-refractivity contribution in [1.82, 2.24) is 0 Å². The van der Waals surface area contributed by atoms with Crippen LogP contribution in [0.3, 0.4) is 0 Å². The van der Waals surface area contributed by atoms with Crippen LogP contribution in [0.1, 0.15) is 0 Å². The van der Waals surface area contributed by atoms with Gasteiger partial charge in [0.05, 0.1) is 0 Å². The summed E-state index contributed by atoms with van der Waals surface area (Å²) in [5.74, 6) is 0. The average molecular weight is 135 g/mol. The number of halogens is 1. The van der Waals surface area contributed by atoms with Gasteiger partial charge in [0.15, 0.2) is 0 Å². The van der Waals surface area contributed by atoms with Gasteiger partial charge in [-0.3, -0.25) is 4.79 Å². The molecule has 0 aliphatic rings. The molecule has 0 aliphatic carbocycles. The van der Waals surface area contributed by atoms with Crippen LogP contribution in [0.25, 0.3) is 0 Å². The van der Waals surface area contributed by atoms with E-state index in [0.717, 1.165) is 0 Å². The van der Waals surface area contributed by atoms with Gasteiger partial charge < -0.3 is 0 Å². The predicted molar refractivity (Wildman–Crippen MR) is 24.1 cm³/mol. The Labute approximate surface area is 38.8 Å². The maximum atomic E-state index is 9.29. The van der Waals surface area contributed by atoms with E-state index in [9.17, 15) is 4.79 Å². The Balaban J connectivity index is 2.92. The number of aldehydes is 1. The fraction of sp³-hybridized carbons (Fsp3) is 0. The lowest BCUT2D eigenvalue weighted by Crippen LogP contribution is -1.48. The number of hydrogen-bond donors (Lipinski definition) is 0. The first-order chi connectivity index (χ1) is 2.41. The summed E-state index contributed by atoms with van der Waals surface area (Å²) in [5, 5.41) is 0. The standard InChI is InChI=1S/C3H3BrO/c4-2-1-3-5/h1-3H/b2-1+. The van der Waals surface area contributed by atoms with Crippen LogP contribution >= 0.6 is 15.9 Å². The van der Waals surface area contributed by atoms with Gasteiger partial charge in [0.1, 0.15) is 6.29 Å². The molecule has 0 rings (SSSR count). The molecule has 0 bridgehead atoms. The molecule has 0 N–H and O–H groups in total. The molecule has 0 heterocycles. The zero-order chi connectivity index (χ0) is 4.12. The Hall–Kier alpha value is -0.110. The summed E-state index contributed by atoms with van der Waals surface area (Å²) >= 11 is 2.90. The summed E-state index contributed by atoms with van der Waals surface area (Å²) in [6, 6.07) is 0. The highest BCUT2D eigenvalue weighted by atomic mass is 79.9. The minimum Gasteiger partial charge on any atom is -0.299 e. The minimum absolute atomic E-state index is 0.703. The highest BCUT2D eigenvalue weighted by Gasteiger charge is 1.50. The van der Waals surface area contributed by atoms with Crippen molar-refractivity contribution in [2.75, 3.05) is 0 Å². The smallest absolute Gasteiger partial charge is 0.143 e. The lowest BCUT2D eigenvalue weighted by atomic mass is 10.8. The van der Waals surface area contributed by atoms with Gasteiger partial charge in [0.2, 0.25) is 0 Å². The normalized spacial score (nSPS) is 9.00. The molecule has 0 aromatic heterocycles. The van der Waals surface area contributed by atoms with Crippen molar-refractivity contribution in [2.45, 2.75) is 0 Å². The van der Waals surface area contributed by atoms with Gasteiger partial charge in [0.25, 0.3) is 0 Å². The van der Waals surface area contributed by atoms with Gasteiger partial charge in [-0.2, -0.15) is 0 Å². The molecule has 2 heteroatoms. The molecular formula is C3H3BrO. The Kier molecular flexibility index (Phi) is 3.80. The summed E-state index contributed by atoms with van der Waals surface area (Å²) in [5.41, 5.74) is 0. The van der Waals surface area contributed by atoms with Crippen molar-refractivity contribution in [3.8, 4) is 0 Å². The van der Waals surface area contributed by atoms with E-state index in [1.165, 1.54) is 11.1 Å². The first kappa shape index (κ1) is 4.89. The van der Waals surface area contributed by atoms with Crippen LogP contribution < -0.4 is 0 Å². The number of hydrogen-bond acceptors (Lipinski definition) is 1. The zero-order valence-electron chi connectivity index (χ0n) is 2.52. The van der Waals surface area contributed by atoms with Gasteiger partial charge >= 0.3 is 0 Å². The topological polar surface area (TPSA) is 17.1 Å². The second-order valence-corrected chi connectivity index (χ2v) is 0.983. The Morgan fingerprint density at radius 3 is 2.20 bits per heavy atom. The maximum Gasteiger partial charge on any atom is 0.143 e. The SMILES string of the molecule is O=C/C=C/Br. The molecule has 0 aliphatic heterocycles. The van der Waals surface area contributed by atoms with Crippen molar-refractivity contribution < 1.29 is 4.79 Å². The molecule has 5 heavy (non-hydrogen) atoms. The average Bonchev–Trinajstić information content (AvgIpc) is 1.41. The van der Waals surface area contributed by atoms with Gasteiger partial charge in [-0.1, -0.05) is 15.9 Å². The molecule has 0 saturated carbocycles. The number of rotatable bonds is 1. The third kappa shape index (κ3) is 3.89. The molecule has 28 valence electrons. The summed E-state index contributed by atoms with van der Waals surface area (Å²) in [6.07, 6.45) is 2.06. The first-order valence-corrected chi connectivity index (χ1v) is 2.04. The van der Waals surface area contributed by atoms with Crippen LogP contribution in [0, 0.1) is 0 Å². The predicted octanol–water partition coefficient (Wildman–Crippen LogP) is 1.09. The summed E-state index contributed by atoms with van der Waals surface area (Å²) in [7, 11) is 0. The minimum atomic E-state index is 0.703. The quantitative estimate of drug-likeness (QED) is 0.388. The van der Waals surface area contributed by atoms with Crippen LogP contribution in [0.15, 0.2) is 11.1 Å². The van der Waals surface area contributed by atoms with Gasteiger partial charge in [-0.15, -0.1) is 0 Å². The Morgan fingerprint density at radius 1 is 1.60 bits per heavy atom. The Morgan fingerprint density at radius 2 is 2.20 bits per heavy atom. The van der Waals surface area contributed by atoms with Crippen LogP contribution in [-0.4, -0.2) is 6.29 Å². The van der Waals surface area contributed by atoms with E-state index in [1.807, 2.05) is 0 Å². The molecule has 0 aromatic carbocycles. The van der Waals surface area contributed by atoms with E-state index < -0.39 is 0 Å². The van der Waals surface area contributed by atoms with Crippen molar-refractivity contribution in [3.63, 3.8) is 0 Å². The Bertz CT molecular complexity index is 48.9. The molecule has 0 spiro atoms. The molecular weight excluding hydrogens is 132 g/mol. The lowest BCUT2D eigenvalue weighted by Gasteiger charge is -1.49. The third-order valence-corrected chi connectivity index (χ3v) is 0.457. The summed E-state index contributed by atoms with van der Waals surface area (Å²) in [6.45, 7) is 0. The van der Waals surface area contributed by atoms with Gasteiger partial charge in [-0.05, 0) is 11.1 Å². The number of allylic oxidation sites excluding steroid dienone is 1. The van der Waals surface area contributed by atoms with Crippen LogP contribution in [-0.2, 0) is 4.79 Å². The van der Waals surface area contributed by atoms with Crippen LogP contribution in [0.4, 0.5) is 0 Å². The molecule has 0 amide bonds. The maximum absolute atomic E-state index is 9.29. The highest BCUT2D eigenvalue weighted by Crippen LogP contribution is 1.75. The number of carbonyl (C=O) groups is 1. The van der Waals surface area contributed by atoms with Gasteiger partial charge in [0, 0.05) is 0 Å². The fourth-order valence-corrected chi connectivity index (χ4v) is 0.154. The van der Waals surface area contributed by atoms with Crippen molar-refractivity contribution in [3.05, 3.63) is 11.1 Å². The molecule has 0 radical (unpaired) electrons. The fourth-order valence-electron chi connectivity index (χ4n) is 0.0297. The van der Waals surface area contributed by atoms with Crippen LogP contribution in [0.5, 0.6) is 0 Å². The lowest BCUT2D eigenvalue weighted by molar-refractivity contribution is -0.104.